The van der Waals surface area contributed by atoms with E-state index in [1.54, 1.807) is 17.0 Å². The van der Waals surface area contributed by atoms with Crippen molar-refractivity contribution >= 4 is 39.1 Å². The van der Waals surface area contributed by atoms with Crippen LogP contribution in [0.3, 0.4) is 0 Å². The standard InChI is InChI=1S/C38H42ClN3O4S/c1-28-13-17-31(18-14-28)26-41(36(25-30-9-5-3-6-10-30)38(44)40-33-11-7-4-8-12-33)37(43)27-42(34-21-15-29(2)16-22-34)47(45,46)35-23-19-32(39)20-24-35/h3,5-6,9-10,13-24,33,36H,4,7-8,11-12,25-27H2,1-2H3,(H,40,44)/t36-/m1/s1. The van der Waals surface area contributed by atoms with E-state index in [-0.39, 0.29) is 29.8 Å². The van der Waals surface area contributed by atoms with Crippen LogP contribution < -0.4 is 9.62 Å². The van der Waals surface area contributed by atoms with Gasteiger partial charge in [-0.3, -0.25) is 13.9 Å². The molecule has 5 rings (SSSR count). The summed E-state index contributed by atoms with van der Waals surface area (Å²) in [5.74, 6) is -0.716. The van der Waals surface area contributed by atoms with Crippen LogP contribution in [0.1, 0.15) is 54.4 Å². The van der Waals surface area contributed by atoms with E-state index in [4.69, 9.17) is 11.6 Å². The Bertz CT molecular complexity index is 1740. The third-order valence-electron chi connectivity index (χ3n) is 8.70. The molecule has 246 valence electrons. The third kappa shape index (κ3) is 9.02. The van der Waals surface area contributed by atoms with E-state index in [1.165, 1.54) is 24.3 Å². The molecule has 1 fully saturated rings. The number of benzene rings is 4. The van der Waals surface area contributed by atoms with Crippen molar-refractivity contribution < 1.29 is 18.0 Å². The fraction of sp³-hybridized carbons (Fsp3) is 0.316. The minimum atomic E-state index is -4.19. The van der Waals surface area contributed by atoms with E-state index in [0.717, 1.165) is 58.7 Å². The van der Waals surface area contributed by atoms with Gasteiger partial charge in [0.15, 0.2) is 0 Å². The number of carbonyl (C=O) groups excluding carboxylic acids is 2. The molecule has 0 radical (unpaired) electrons. The molecule has 1 aliphatic rings. The average Bonchev–Trinajstić information content (AvgIpc) is 3.07. The Labute approximate surface area is 283 Å². The molecule has 4 aromatic rings. The molecule has 1 atom stereocenters. The summed E-state index contributed by atoms with van der Waals surface area (Å²) in [7, 11) is -4.19. The molecule has 0 bridgehead atoms. The molecule has 0 heterocycles. The van der Waals surface area contributed by atoms with Crippen molar-refractivity contribution in [2.24, 2.45) is 0 Å². The molecular weight excluding hydrogens is 630 g/mol. The van der Waals surface area contributed by atoms with E-state index >= 15 is 0 Å². The van der Waals surface area contributed by atoms with Gasteiger partial charge in [-0.15, -0.1) is 0 Å². The van der Waals surface area contributed by atoms with Crippen molar-refractivity contribution in [2.45, 2.75) is 75.9 Å². The number of hydrogen-bond donors (Lipinski definition) is 1. The van der Waals surface area contributed by atoms with Crippen molar-refractivity contribution in [3.63, 3.8) is 0 Å². The predicted octanol–water partition coefficient (Wildman–Crippen LogP) is 7.24. The summed E-state index contributed by atoms with van der Waals surface area (Å²) in [5, 5.41) is 3.65. The van der Waals surface area contributed by atoms with Gasteiger partial charge >= 0.3 is 0 Å². The van der Waals surface area contributed by atoms with Crippen molar-refractivity contribution in [3.8, 4) is 0 Å². The Morgan fingerprint density at radius 1 is 0.787 bits per heavy atom. The van der Waals surface area contributed by atoms with Gasteiger partial charge in [-0.25, -0.2) is 8.42 Å². The molecule has 47 heavy (non-hydrogen) atoms. The number of nitrogens with one attached hydrogen (secondary N) is 1. The SMILES string of the molecule is Cc1ccc(CN(C(=O)CN(c2ccc(C)cc2)S(=O)(=O)c2ccc(Cl)cc2)[C@H](Cc2ccccc2)C(=O)NC2CCCCC2)cc1. The number of carbonyl (C=O) groups is 2. The van der Waals surface area contributed by atoms with Crippen LogP contribution in [0.5, 0.6) is 0 Å². The number of hydrogen-bond acceptors (Lipinski definition) is 4. The van der Waals surface area contributed by atoms with Crippen LogP contribution in [-0.4, -0.2) is 43.8 Å². The van der Waals surface area contributed by atoms with Crippen LogP contribution in [0.4, 0.5) is 5.69 Å². The largest absolute Gasteiger partial charge is 0.352 e. The van der Waals surface area contributed by atoms with Crippen LogP contribution in [0, 0.1) is 13.8 Å². The van der Waals surface area contributed by atoms with Gasteiger partial charge in [0.05, 0.1) is 10.6 Å². The number of halogens is 1. The molecule has 0 spiro atoms. The second-order valence-corrected chi connectivity index (χ2v) is 14.7. The summed E-state index contributed by atoms with van der Waals surface area (Å²) < 4.78 is 29.5. The minimum absolute atomic E-state index is 0.0104. The number of nitrogens with zero attached hydrogens (tertiary/aromatic N) is 2. The molecule has 4 aromatic carbocycles. The highest BCUT2D eigenvalue weighted by atomic mass is 35.5. The molecule has 7 nitrogen and oxygen atoms in total. The number of rotatable bonds is 12. The van der Waals surface area contributed by atoms with Crippen molar-refractivity contribution in [1.82, 2.24) is 10.2 Å². The fourth-order valence-corrected chi connectivity index (χ4v) is 7.50. The molecule has 0 saturated heterocycles. The summed E-state index contributed by atoms with van der Waals surface area (Å²) in [6.45, 7) is 3.54. The van der Waals surface area contributed by atoms with Gasteiger partial charge in [0.25, 0.3) is 10.0 Å². The molecule has 0 unspecified atom stereocenters. The van der Waals surface area contributed by atoms with Gasteiger partial charge in [-0.1, -0.05) is 109 Å². The molecule has 0 aliphatic heterocycles. The normalized spacial score (nSPS) is 14.3. The van der Waals surface area contributed by atoms with Gasteiger partial charge in [0, 0.05) is 24.0 Å². The second-order valence-electron chi connectivity index (χ2n) is 12.4. The number of anilines is 1. The molecule has 9 heteroatoms. The Hall–Kier alpha value is -4.14. The highest BCUT2D eigenvalue weighted by Crippen LogP contribution is 2.27. The second kappa shape index (κ2) is 15.6. The van der Waals surface area contributed by atoms with Gasteiger partial charge in [-0.2, -0.15) is 0 Å². The molecule has 1 saturated carbocycles. The van der Waals surface area contributed by atoms with E-state index < -0.39 is 28.5 Å². The zero-order chi connectivity index (χ0) is 33.4. The van der Waals surface area contributed by atoms with Crippen molar-refractivity contribution in [3.05, 3.63) is 130 Å². The van der Waals surface area contributed by atoms with Crippen LogP contribution in [-0.2, 0) is 32.6 Å². The first-order valence-corrected chi connectivity index (χ1v) is 18.0. The van der Waals surface area contributed by atoms with Crippen molar-refractivity contribution in [1.29, 1.82) is 0 Å². The fourth-order valence-electron chi connectivity index (χ4n) is 5.96. The number of sulfonamides is 1. The lowest BCUT2D eigenvalue weighted by Gasteiger charge is -2.35. The summed E-state index contributed by atoms with van der Waals surface area (Å²) in [4.78, 5) is 30.4. The zero-order valence-electron chi connectivity index (χ0n) is 26.9. The van der Waals surface area contributed by atoms with Gasteiger partial charge in [-0.05, 0) is 74.2 Å². The number of aryl methyl sites for hydroxylation is 2. The van der Waals surface area contributed by atoms with Crippen LogP contribution in [0.2, 0.25) is 5.02 Å². The van der Waals surface area contributed by atoms with Crippen molar-refractivity contribution in [2.75, 3.05) is 10.8 Å². The lowest BCUT2D eigenvalue weighted by molar-refractivity contribution is -0.140. The quantitative estimate of drug-likeness (QED) is 0.172. The summed E-state index contributed by atoms with van der Waals surface area (Å²) in [5.41, 5.74) is 4.12. The van der Waals surface area contributed by atoms with Crippen LogP contribution in [0.25, 0.3) is 0 Å². The zero-order valence-corrected chi connectivity index (χ0v) is 28.5. The summed E-state index contributed by atoms with van der Waals surface area (Å²) in [6.07, 6.45) is 5.33. The molecule has 0 aromatic heterocycles. The van der Waals surface area contributed by atoms with E-state index in [1.807, 2.05) is 80.6 Å². The Balaban J connectivity index is 1.55. The third-order valence-corrected chi connectivity index (χ3v) is 10.7. The summed E-state index contributed by atoms with van der Waals surface area (Å²) in [6, 6.07) is 29.5. The van der Waals surface area contributed by atoms with E-state index in [2.05, 4.69) is 5.32 Å². The van der Waals surface area contributed by atoms with Crippen LogP contribution >= 0.6 is 11.6 Å². The van der Waals surface area contributed by atoms with Gasteiger partial charge < -0.3 is 10.2 Å². The maximum Gasteiger partial charge on any atom is 0.264 e. The monoisotopic (exact) mass is 671 g/mol. The minimum Gasteiger partial charge on any atom is -0.352 e. The lowest BCUT2D eigenvalue weighted by Crippen LogP contribution is -2.55. The predicted molar refractivity (Wildman–Crippen MR) is 188 cm³/mol. The van der Waals surface area contributed by atoms with Crippen LogP contribution in [0.15, 0.2) is 108 Å². The lowest BCUT2D eigenvalue weighted by atomic mass is 9.94. The highest BCUT2D eigenvalue weighted by molar-refractivity contribution is 7.92. The molecule has 1 N–H and O–H groups in total. The molecule has 2 amide bonds. The first-order chi connectivity index (χ1) is 22.6. The Kier molecular flexibility index (Phi) is 11.4. The highest BCUT2D eigenvalue weighted by Gasteiger charge is 2.35. The smallest absolute Gasteiger partial charge is 0.264 e. The Morgan fingerprint density at radius 3 is 2.00 bits per heavy atom. The topological polar surface area (TPSA) is 86.8 Å². The Morgan fingerprint density at radius 2 is 1.38 bits per heavy atom. The van der Waals surface area contributed by atoms with E-state index in [0.29, 0.717) is 10.7 Å². The van der Waals surface area contributed by atoms with Gasteiger partial charge in [0.2, 0.25) is 11.8 Å². The number of amides is 2. The average molecular weight is 672 g/mol. The molecular formula is C38H42ClN3O4S. The maximum atomic E-state index is 14.6. The van der Waals surface area contributed by atoms with Gasteiger partial charge in [0.1, 0.15) is 12.6 Å². The van der Waals surface area contributed by atoms with E-state index in [9.17, 15) is 18.0 Å². The maximum absolute atomic E-state index is 14.6. The molecule has 1 aliphatic carbocycles. The summed E-state index contributed by atoms with van der Waals surface area (Å²) >= 11 is 6.08. The first kappa shape index (κ1) is 34.2. The first-order valence-electron chi connectivity index (χ1n) is 16.1.